The fraction of sp³-hybridized carbons (Fsp3) is 0.167. The van der Waals surface area contributed by atoms with E-state index in [4.69, 9.17) is 0 Å². The number of aromatic nitrogens is 3. The first-order valence-corrected chi connectivity index (χ1v) is 7.97. The summed E-state index contributed by atoms with van der Waals surface area (Å²) in [7, 11) is 0. The van der Waals surface area contributed by atoms with Crippen molar-refractivity contribution in [3.8, 4) is 5.69 Å². The van der Waals surface area contributed by atoms with Gasteiger partial charge in [0, 0.05) is 6.54 Å². The van der Waals surface area contributed by atoms with Gasteiger partial charge in [-0.05, 0) is 30.2 Å². The topological polar surface area (TPSA) is 59.8 Å². The number of nitrogens with one attached hydrogen (secondary N) is 1. The second-order valence-corrected chi connectivity index (χ2v) is 5.66. The third kappa shape index (κ3) is 4.30. The Balaban J connectivity index is 1.69. The van der Waals surface area contributed by atoms with Gasteiger partial charge in [0.25, 0.3) is 5.91 Å². The maximum Gasteiger partial charge on any atom is 0.418 e. The molecule has 0 bridgehead atoms. The summed E-state index contributed by atoms with van der Waals surface area (Å²) in [5, 5.41) is 9.77. The third-order valence-corrected chi connectivity index (χ3v) is 3.82. The van der Waals surface area contributed by atoms with Gasteiger partial charge in [-0.3, -0.25) is 4.79 Å². The molecule has 0 radical (unpaired) electrons. The summed E-state index contributed by atoms with van der Waals surface area (Å²) in [5.74, 6) is -0.983. The van der Waals surface area contributed by atoms with Crippen molar-refractivity contribution in [2.24, 2.45) is 0 Å². The van der Waals surface area contributed by atoms with Crippen LogP contribution in [-0.2, 0) is 12.6 Å². The molecule has 27 heavy (non-hydrogen) atoms. The van der Waals surface area contributed by atoms with Crippen molar-refractivity contribution < 1.29 is 22.4 Å². The smallest absolute Gasteiger partial charge is 0.350 e. The molecule has 0 spiro atoms. The zero-order valence-corrected chi connectivity index (χ0v) is 13.9. The van der Waals surface area contributed by atoms with E-state index in [-0.39, 0.29) is 30.2 Å². The van der Waals surface area contributed by atoms with Crippen LogP contribution in [0.5, 0.6) is 0 Å². The van der Waals surface area contributed by atoms with Crippen molar-refractivity contribution >= 4 is 5.91 Å². The van der Waals surface area contributed by atoms with Crippen molar-refractivity contribution in [3.05, 3.63) is 77.4 Å². The van der Waals surface area contributed by atoms with Crippen molar-refractivity contribution in [1.82, 2.24) is 20.3 Å². The lowest BCUT2D eigenvalue weighted by atomic mass is 10.1. The number of benzene rings is 2. The second-order valence-electron chi connectivity index (χ2n) is 5.66. The van der Waals surface area contributed by atoms with Crippen LogP contribution < -0.4 is 5.32 Å². The molecule has 3 rings (SSSR count). The molecule has 0 saturated carbocycles. The summed E-state index contributed by atoms with van der Waals surface area (Å²) < 4.78 is 53.7. The standard InChI is InChI=1S/C18H14F4N4O/c19-14-7-3-1-5-12(14)9-10-23-17(27)15-11-26(25-24-15)16-8-4-2-6-13(16)18(20,21)22/h1-8,11H,9-10H2,(H,23,27). The first-order valence-electron chi connectivity index (χ1n) is 7.97. The number of amides is 1. The number of nitrogens with zero attached hydrogens (tertiary/aromatic N) is 3. The molecule has 0 saturated heterocycles. The molecule has 9 heteroatoms. The molecule has 1 heterocycles. The molecule has 0 fully saturated rings. The number of hydrogen-bond donors (Lipinski definition) is 1. The predicted octanol–water partition coefficient (Wildman–Crippen LogP) is 3.40. The number of hydrogen-bond acceptors (Lipinski definition) is 3. The molecule has 140 valence electrons. The summed E-state index contributed by atoms with van der Waals surface area (Å²) in [4.78, 5) is 12.1. The van der Waals surface area contributed by atoms with E-state index in [1.807, 2.05) is 0 Å². The summed E-state index contributed by atoms with van der Waals surface area (Å²) in [5.41, 5.74) is -0.814. The molecule has 3 aromatic rings. The average Bonchev–Trinajstić information content (AvgIpc) is 3.13. The van der Waals surface area contributed by atoms with Crippen molar-refractivity contribution in [1.29, 1.82) is 0 Å². The zero-order valence-electron chi connectivity index (χ0n) is 13.9. The predicted molar refractivity (Wildman–Crippen MR) is 88.8 cm³/mol. The Hall–Kier alpha value is -3.23. The number of alkyl halides is 3. The van der Waals surface area contributed by atoms with Gasteiger partial charge in [0.15, 0.2) is 5.69 Å². The van der Waals surface area contributed by atoms with Crippen LogP contribution in [0.4, 0.5) is 17.6 Å². The van der Waals surface area contributed by atoms with Gasteiger partial charge >= 0.3 is 6.18 Å². The Labute approximate surface area is 151 Å². The van der Waals surface area contributed by atoms with Gasteiger partial charge < -0.3 is 5.32 Å². The molecule has 0 aliphatic rings. The van der Waals surface area contributed by atoms with Crippen molar-refractivity contribution in [2.45, 2.75) is 12.6 Å². The maximum absolute atomic E-state index is 13.5. The van der Waals surface area contributed by atoms with Gasteiger partial charge in [0.1, 0.15) is 5.82 Å². The van der Waals surface area contributed by atoms with Gasteiger partial charge in [-0.2, -0.15) is 13.2 Å². The summed E-state index contributed by atoms with van der Waals surface area (Å²) >= 11 is 0. The molecule has 2 aromatic carbocycles. The normalized spacial score (nSPS) is 11.4. The minimum Gasteiger partial charge on any atom is -0.350 e. The molecule has 1 aromatic heterocycles. The van der Waals surface area contributed by atoms with E-state index in [1.54, 1.807) is 18.2 Å². The van der Waals surface area contributed by atoms with Gasteiger partial charge in [-0.15, -0.1) is 5.10 Å². The van der Waals surface area contributed by atoms with Crippen LogP contribution in [0.25, 0.3) is 5.69 Å². The van der Waals surface area contributed by atoms with E-state index in [9.17, 15) is 22.4 Å². The molecule has 0 unspecified atom stereocenters. The molecular formula is C18H14F4N4O. The van der Waals surface area contributed by atoms with Crippen LogP contribution >= 0.6 is 0 Å². The Morgan fingerprint density at radius 1 is 1.07 bits per heavy atom. The van der Waals surface area contributed by atoms with Crippen molar-refractivity contribution in [2.75, 3.05) is 6.54 Å². The van der Waals surface area contributed by atoms with E-state index in [1.165, 1.54) is 24.3 Å². The molecule has 0 atom stereocenters. The van der Waals surface area contributed by atoms with Gasteiger partial charge in [-0.25, -0.2) is 9.07 Å². The fourth-order valence-corrected chi connectivity index (χ4v) is 2.50. The molecule has 0 aliphatic heterocycles. The highest BCUT2D eigenvalue weighted by molar-refractivity contribution is 5.91. The number of para-hydroxylation sites is 1. The fourth-order valence-electron chi connectivity index (χ4n) is 2.50. The Bertz CT molecular complexity index is 952. The molecule has 1 amide bonds. The second kappa shape index (κ2) is 7.56. The largest absolute Gasteiger partial charge is 0.418 e. The highest BCUT2D eigenvalue weighted by atomic mass is 19.4. The van der Waals surface area contributed by atoms with Crippen LogP contribution in [0.1, 0.15) is 21.6 Å². The summed E-state index contributed by atoms with van der Waals surface area (Å²) in [6.45, 7) is 0.145. The van der Waals surface area contributed by atoms with Crippen LogP contribution in [0.3, 0.4) is 0 Å². The number of halogens is 4. The minimum absolute atomic E-state index is 0.138. The molecular weight excluding hydrogens is 364 g/mol. The lowest BCUT2D eigenvalue weighted by molar-refractivity contribution is -0.137. The zero-order chi connectivity index (χ0) is 19.4. The van der Waals surface area contributed by atoms with E-state index in [2.05, 4.69) is 15.6 Å². The number of rotatable bonds is 5. The van der Waals surface area contributed by atoms with Crippen LogP contribution in [-0.4, -0.2) is 27.4 Å². The summed E-state index contributed by atoms with van der Waals surface area (Å²) in [6, 6.07) is 11.0. The average molecular weight is 378 g/mol. The molecule has 0 aliphatic carbocycles. The van der Waals surface area contributed by atoms with E-state index < -0.39 is 17.6 Å². The van der Waals surface area contributed by atoms with Gasteiger partial charge in [0.05, 0.1) is 17.4 Å². The van der Waals surface area contributed by atoms with Crippen LogP contribution in [0, 0.1) is 5.82 Å². The maximum atomic E-state index is 13.5. The lowest BCUT2D eigenvalue weighted by Gasteiger charge is -2.11. The highest BCUT2D eigenvalue weighted by Crippen LogP contribution is 2.33. The highest BCUT2D eigenvalue weighted by Gasteiger charge is 2.34. The van der Waals surface area contributed by atoms with Gasteiger partial charge in [-0.1, -0.05) is 35.5 Å². The molecule has 5 nitrogen and oxygen atoms in total. The Kier molecular flexibility index (Phi) is 5.20. The Morgan fingerprint density at radius 3 is 2.52 bits per heavy atom. The SMILES string of the molecule is O=C(NCCc1ccccc1F)c1cn(-c2ccccc2C(F)(F)F)nn1. The quantitative estimate of drug-likeness (QED) is 0.693. The van der Waals surface area contributed by atoms with E-state index in [0.717, 1.165) is 16.9 Å². The third-order valence-electron chi connectivity index (χ3n) is 3.82. The number of carbonyl (C=O) groups is 1. The van der Waals surface area contributed by atoms with Gasteiger partial charge in [0.2, 0.25) is 0 Å². The monoisotopic (exact) mass is 378 g/mol. The lowest BCUT2D eigenvalue weighted by Crippen LogP contribution is -2.26. The van der Waals surface area contributed by atoms with E-state index >= 15 is 0 Å². The Morgan fingerprint density at radius 2 is 1.78 bits per heavy atom. The van der Waals surface area contributed by atoms with Crippen molar-refractivity contribution in [3.63, 3.8) is 0 Å². The van der Waals surface area contributed by atoms with Crippen LogP contribution in [0.15, 0.2) is 54.7 Å². The first-order chi connectivity index (χ1) is 12.9. The first kappa shape index (κ1) is 18.6. The van der Waals surface area contributed by atoms with E-state index in [0.29, 0.717) is 5.56 Å². The minimum atomic E-state index is -4.56. The molecule has 1 N–H and O–H groups in total. The van der Waals surface area contributed by atoms with Crippen LogP contribution in [0.2, 0.25) is 0 Å². The number of carbonyl (C=O) groups excluding carboxylic acids is 1. The summed E-state index contributed by atoms with van der Waals surface area (Å²) in [6.07, 6.45) is -3.18.